The van der Waals surface area contributed by atoms with Crippen molar-refractivity contribution >= 4 is 35.0 Å². The van der Waals surface area contributed by atoms with Crippen molar-refractivity contribution in [3.8, 4) is 22.4 Å². The molecule has 2 aromatic heterocycles. The summed E-state index contributed by atoms with van der Waals surface area (Å²) in [6.07, 6.45) is 6.38. The number of hydrogen-bond acceptors (Lipinski definition) is 8. The van der Waals surface area contributed by atoms with Gasteiger partial charge in [0.25, 0.3) is 5.92 Å². The molecule has 0 radical (unpaired) electrons. The van der Waals surface area contributed by atoms with Crippen LogP contribution in [0.15, 0.2) is 60.8 Å². The molecule has 6 atom stereocenters. The van der Waals surface area contributed by atoms with E-state index in [1.165, 1.54) is 25.8 Å². The van der Waals surface area contributed by atoms with Crippen LogP contribution in [-0.4, -0.2) is 92.6 Å². The number of alkyl carbamates (subject to hydrolysis) is 2. The number of ether oxygens (including phenoxy) is 2. The van der Waals surface area contributed by atoms with Crippen LogP contribution in [0.4, 0.5) is 18.4 Å². The van der Waals surface area contributed by atoms with E-state index in [1.54, 1.807) is 24.4 Å². The normalized spacial score (nSPS) is 22.3. The number of rotatable bonds is 9. The van der Waals surface area contributed by atoms with Crippen LogP contribution in [0.2, 0.25) is 0 Å². The SMILES string of the molecule is COC(=O)N[C@H](C(=O)N1CC2(CC2)C[C@H]1c1ncc(-c2ccc3c(c2)C(F)(F)c2cc(C)ccc2-3)[nH]1)C(C)C.COC(=O)N[C@H](C(=O)N1[C@@H]2CC[C@@H](C2)[C@H]1c1nc2ccc(C)cc2[nH]1)C(C)C. The highest BCUT2D eigenvalue weighted by molar-refractivity contribution is 5.88. The van der Waals surface area contributed by atoms with Gasteiger partial charge < -0.3 is 39.9 Å². The predicted octanol–water partition coefficient (Wildman–Crippen LogP) is 9.24. The summed E-state index contributed by atoms with van der Waals surface area (Å²) in [5.74, 6) is -1.61. The zero-order chi connectivity index (χ0) is 47.7. The number of likely N-dealkylation sites (tertiary alicyclic amines) is 2. The van der Waals surface area contributed by atoms with Crippen LogP contribution < -0.4 is 10.6 Å². The Labute approximate surface area is 389 Å². The first-order valence-corrected chi connectivity index (χ1v) is 23.4. The van der Waals surface area contributed by atoms with Crippen molar-refractivity contribution < 1.29 is 37.4 Å². The number of H-pyrrole nitrogens is 2. The van der Waals surface area contributed by atoms with Crippen molar-refractivity contribution in [2.24, 2.45) is 23.2 Å². The number of alkyl halides is 2. The molecule has 2 bridgehead atoms. The Bertz CT molecular complexity index is 2740. The topological polar surface area (TPSA) is 175 Å². The minimum Gasteiger partial charge on any atom is -0.453 e. The standard InChI is InChI=1S/C30H32F2N4O3.C21H28N4O3/c1-16(2)25(35-28(38)39-4)27(37)36-15-29(9-10-29)13-24(36)26-33-14-23(34-26)18-6-8-20-19-7-5-17(3)11-21(19)30(31,32)22(20)12-18;1-11(2)17(24-21(27)28-4)20(26)25-14-7-6-13(10-14)18(25)19-22-15-8-5-12(3)9-16(15)23-19/h5-8,11-12,14,16,24-25H,9-10,13,15H2,1-4H3,(H,33,34)(H,35,38);5,8-9,11,13-14,17-18H,6-7,10H2,1-4H3,(H,22,23)(H,24,27)/t24-,25-;13-,14+,17-,18-/m00/s1. The number of halogens is 2. The fourth-order valence-electron chi connectivity index (χ4n) is 10.9. The van der Waals surface area contributed by atoms with Gasteiger partial charge in [-0.25, -0.2) is 19.6 Å². The van der Waals surface area contributed by atoms with Crippen LogP contribution in [-0.2, 0) is 25.0 Å². The molecular weight excluding hydrogens is 859 g/mol. The van der Waals surface area contributed by atoms with Crippen LogP contribution >= 0.6 is 0 Å². The van der Waals surface area contributed by atoms with Crippen molar-refractivity contribution in [3.63, 3.8) is 0 Å². The Kier molecular flexibility index (Phi) is 11.9. The number of aryl methyl sites for hydroxylation is 2. The van der Waals surface area contributed by atoms with Crippen molar-refractivity contribution in [1.82, 2.24) is 40.4 Å². The van der Waals surface area contributed by atoms with Crippen molar-refractivity contribution in [2.45, 2.75) is 116 Å². The molecule has 5 aliphatic rings. The third-order valence-corrected chi connectivity index (χ3v) is 14.7. The molecule has 354 valence electrons. The summed E-state index contributed by atoms with van der Waals surface area (Å²) in [7, 11) is 2.59. The number of aromatic nitrogens is 4. The molecule has 2 saturated heterocycles. The number of amides is 4. The Balaban J connectivity index is 0.000000177. The molecule has 1 spiro atoms. The molecule has 4 heterocycles. The Hall–Kier alpha value is -6.32. The number of aromatic amines is 2. The molecule has 16 heteroatoms. The van der Waals surface area contributed by atoms with Gasteiger partial charge in [-0.2, -0.15) is 8.78 Å². The summed E-state index contributed by atoms with van der Waals surface area (Å²) in [6.45, 7) is 12.1. The lowest BCUT2D eigenvalue weighted by molar-refractivity contribution is -0.139. The predicted molar refractivity (Wildman–Crippen MR) is 248 cm³/mol. The van der Waals surface area contributed by atoms with E-state index in [0.29, 0.717) is 40.7 Å². The first-order chi connectivity index (χ1) is 31.9. The van der Waals surface area contributed by atoms with Gasteiger partial charge in [-0.1, -0.05) is 63.6 Å². The Morgan fingerprint density at radius 2 is 1.42 bits per heavy atom. The number of imidazole rings is 2. The number of hydrogen-bond donors (Lipinski definition) is 4. The quantitative estimate of drug-likeness (QED) is 0.113. The summed E-state index contributed by atoms with van der Waals surface area (Å²) in [6, 6.07) is 14.9. The average molecular weight is 919 g/mol. The summed E-state index contributed by atoms with van der Waals surface area (Å²) in [4.78, 5) is 70.9. The van der Waals surface area contributed by atoms with E-state index in [1.807, 2.05) is 68.7 Å². The van der Waals surface area contributed by atoms with Gasteiger partial charge in [-0.15, -0.1) is 0 Å². The number of benzene rings is 3. The summed E-state index contributed by atoms with van der Waals surface area (Å²) < 4.78 is 40.3. The summed E-state index contributed by atoms with van der Waals surface area (Å²) >= 11 is 0. The number of piperidine rings is 1. The fraction of sp³-hybridized carbons (Fsp3) is 0.490. The molecule has 14 nitrogen and oxygen atoms in total. The Morgan fingerprint density at radius 1 is 0.791 bits per heavy atom. The van der Waals surface area contributed by atoms with Crippen LogP contribution in [0.5, 0.6) is 0 Å². The first-order valence-electron chi connectivity index (χ1n) is 23.4. The van der Waals surface area contributed by atoms with E-state index < -0.39 is 30.2 Å². The highest BCUT2D eigenvalue weighted by Crippen LogP contribution is 2.59. The molecule has 4 fully saturated rings. The fourth-order valence-corrected chi connectivity index (χ4v) is 10.9. The summed E-state index contributed by atoms with van der Waals surface area (Å²) in [5, 5.41) is 5.41. The molecule has 4 N–H and O–H groups in total. The second-order valence-electron chi connectivity index (χ2n) is 20.0. The van der Waals surface area contributed by atoms with Crippen LogP contribution in [0, 0.1) is 37.0 Å². The third-order valence-electron chi connectivity index (χ3n) is 14.7. The third kappa shape index (κ3) is 8.41. The van der Waals surface area contributed by atoms with Crippen LogP contribution in [0.3, 0.4) is 0 Å². The number of fused-ring (bicyclic) bond motifs is 6. The molecule has 2 saturated carbocycles. The molecule has 67 heavy (non-hydrogen) atoms. The number of methoxy groups -OCH3 is 2. The van der Waals surface area contributed by atoms with Gasteiger partial charge in [0.05, 0.1) is 49.2 Å². The summed E-state index contributed by atoms with van der Waals surface area (Å²) in [5.41, 5.74) is 6.31. The van der Waals surface area contributed by atoms with E-state index in [0.717, 1.165) is 60.9 Å². The maximum atomic E-state index is 15.4. The highest BCUT2D eigenvalue weighted by Gasteiger charge is 2.56. The number of nitrogens with zero attached hydrogens (tertiary/aromatic N) is 4. The average Bonchev–Trinajstić information content (AvgIpc) is 3.96. The Morgan fingerprint density at radius 3 is 2.07 bits per heavy atom. The molecule has 5 aromatic rings. The van der Waals surface area contributed by atoms with E-state index in [9.17, 15) is 19.2 Å². The van der Waals surface area contributed by atoms with Gasteiger partial charge in [-0.3, -0.25) is 9.59 Å². The lowest BCUT2D eigenvalue weighted by Gasteiger charge is -2.37. The lowest BCUT2D eigenvalue weighted by Crippen LogP contribution is -2.54. The highest BCUT2D eigenvalue weighted by atomic mass is 19.3. The first kappa shape index (κ1) is 45.8. The van der Waals surface area contributed by atoms with Gasteiger partial charge in [0.1, 0.15) is 23.7 Å². The number of nitrogens with one attached hydrogen (secondary N) is 4. The van der Waals surface area contributed by atoms with Gasteiger partial charge >= 0.3 is 12.2 Å². The van der Waals surface area contributed by atoms with Gasteiger partial charge in [0.15, 0.2) is 0 Å². The van der Waals surface area contributed by atoms with Crippen molar-refractivity contribution in [2.75, 3.05) is 20.8 Å². The van der Waals surface area contributed by atoms with E-state index in [2.05, 4.69) is 38.6 Å². The van der Waals surface area contributed by atoms with E-state index >= 15 is 8.78 Å². The zero-order valence-corrected chi connectivity index (χ0v) is 39.3. The molecule has 10 rings (SSSR count). The lowest BCUT2D eigenvalue weighted by atomic mass is 9.95. The molecule has 0 unspecified atom stereocenters. The largest absolute Gasteiger partial charge is 0.453 e. The maximum absolute atomic E-state index is 15.4. The monoisotopic (exact) mass is 918 g/mol. The molecule has 3 aromatic carbocycles. The van der Waals surface area contributed by atoms with Crippen LogP contribution in [0.1, 0.15) is 112 Å². The molecular formula is C51H60F2N8O6. The van der Waals surface area contributed by atoms with Gasteiger partial charge in [-0.05, 0) is 116 Å². The maximum Gasteiger partial charge on any atom is 0.407 e. The second-order valence-corrected chi connectivity index (χ2v) is 20.0. The van der Waals surface area contributed by atoms with Crippen molar-refractivity contribution in [1.29, 1.82) is 0 Å². The van der Waals surface area contributed by atoms with Gasteiger partial charge in [0, 0.05) is 29.3 Å². The van der Waals surface area contributed by atoms with Crippen LogP contribution in [0.25, 0.3) is 33.4 Å². The minimum atomic E-state index is -3.08. The number of carbonyl (C=O) groups is 4. The molecule has 4 amide bonds. The molecule has 3 aliphatic carbocycles. The molecule has 2 aliphatic heterocycles. The van der Waals surface area contributed by atoms with Gasteiger partial charge in [0.2, 0.25) is 11.8 Å². The van der Waals surface area contributed by atoms with E-state index in [4.69, 9.17) is 14.5 Å². The smallest absolute Gasteiger partial charge is 0.407 e. The number of carbonyl (C=O) groups excluding carboxylic acids is 4. The zero-order valence-electron chi connectivity index (χ0n) is 39.3. The van der Waals surface area contributed by atoms with E-state index in [-0.39, 0.29) is 58.3 Å². The van der Waals surface area contributed by atoms with Crippen molar-refractivity contribution in [3.05, 3.63) is 94.7 Å². The minimum absolute atomic E-state index is 0.0139. The second kappa shape index (κ2) is 17.4.